The minimum atomic E-state index is -0.0655. The number of hydrogen-bond donors (Lipinski definition) is 1. The fourth-order valence-corrected chi connectivity index (χ4v) is 5.21. The lowest BCUT2D eigenvalue weighted by Crippen LogP contribution is -2.41. The number of benzene rings is 2. The average Bonchev–Trinajstić information content (AvgIpc) is 2.84. The highest BCUT2D eigenvalue weighted by Gasteiger charge is 2.28. The minimum Gasteiger partial charge on any atom is -0.349 e. The van der Waals surface area contributed by atoms with Gasteiger partial charge in [0.15, 0.2) is 0 Å². The number of carbonyl (C=O) groups is 2. The molecule has 5 heteroatoms. The lowest BCUT2D eigenvalue weighted by Gasteiger charge is -2.29. The van der Waals surface area contributed by atoms with Crippen LogP contribution in [0.25, 0.3) is 0 Å². The third-order valence-corrected chi connectivity index (χ3v) is 6.98. The molecule has 1 aliphatic heterocycles. The van der Waals surface area contributed by atoms with Crippen molar-refractivity contribution in [3.63, 3.8) is 0 Å². The molecule has 2 atom stereocenters. The molecule has 0 saturated heterocycles. The van der Waals surface area contributed by atoms with Crippen molar-refractivity contribution in [3.05, 3.63) is 66.2 Å². The summed E-state index contributed by atoms with van der Waals surface area (Å²) in [5.41, 5.74) is 2.04. The van der Waals surface area contributed by atoms with Crippen LogP contribution in [-0.4, -0.2) is 24.4 Å². The van der Waals surface area contributed by atoms with Gasteiger partial charge in [-0.2, -0.15) is 0 Å². The van der Waals surface area contributed by atoms with Crippen LogP contribution in [0.15, 0.2) is 64.9 Å². The zero-order valence-corrected chi connectivity index (χ0v) is 17.5. The molecule has 2 aromatic carbocycles. The second-order valence-electron chi connectivity index (χ2n) is 7.83. The maximum atomic E-state index is 13.2. The summed E-state index contributed by atoms with van der Waals surface area (Å²) in [6.07, 6.45) is 6.31. The molecule has 0 unspecified atom stereocenters. The van der Waals surface area contributed by atoms with Gasteiger partial charge in [-0.25, -0.2) is 0 Å². The Balaban J connectivity index is 1.67. The zero-order valence-electron chi connectivity index (χ0n) is 16.7. The normalized spacial score (nSPS) is 21.0. The highest BCUT2D eigenvalue weighted by Crippen LogP contribution is 2.41. The molecule has 29 heavy (non-hydrogen) atoms. The largest absolute Gasteiger partial charge is 0.349 e. The Morgan fingerprint density at radius 2 is 2.00 bits per heavy atom. The van der Waals surface area contributed by atoms with Crippen molar-refractivity contribution < 1.29 is 9.59 Å². The van der Waals surface area contributed by atoms with Crippen LogP contribution >= 0.6 is 11.8 Å². The molecule has 2 aliphatic rings. The van der Waals surface area contributed by atoms with Crippen molar-refractivity contribution in [1.29, 1.82) is 0 Å². The fourth-order valence-electron chi connectivity index (χ4n) is 4.15. The molecule has 1 fully saturated rings. The standard InChI is InChI=1S/C24H26N2O2S/c1-3-14-26-20-15-17(23(27)25-19-10-6-4-8-16(19)2)12-13-22(20)29-21-11-7-5-9-18(21)24(26)28/h3,5,7,9,11-13,15-16,19H,1,4,6,8,10,14H2,2H3,(H,25,27)/t16-,19-/m1/s1. The molecule has 1 N–H and O–H groups in total. The predicted molar refractivity (Wildman–Crippen MR) is 118 cm³/mol. The van der Waals surface area contributed by atoms with Crippen LogP contribution in [0.5, 0.6) is 0 Å². The Kier molecular flexibility index (Phi) is 5.76. The summed E-state index contributed by atoms with van der Waals surface area (Å²) in [5, 5.41) is 3.21. The van der Waals surface area contributed by atoms with Gasteiger partial charge in [-0.3, -0.25) is 9.59 Å². The molecule has 1 aliphatic carbocycles. The Morgan fingerprint density at radius 1 is 1.21 bits per heavy atom. The molecule has 0 bridgehead atoms. The van der Waals surface area contributed by atoms with Gasteiger partial charge < -0.3 is 10.2 Å². The van der Waals surface area contributed by atoms with Gasteiger partial charge in [-0.05, 0) is 49.1 Å². The van der Waals surface area contributed by atoms with Gasteiger partial charge in [0, 0.05) is 27.9 Å². The van der Waals surface area contributed by atoms with Crippen molar-refractivity contribution >= 4 is 29.3 Å². The molecule has 150 valence electrons. The van der Waals surface area contributed by atoms with Gasteiger partial charge in [0.2, 0.25) is 0 Å². The summed E-state index contributed by atoms with van der Waals surface area (Å²) < 4.78 is 0. The number of nitrogens with zero attached hydrogens (tertiary/aromatic N) is 1. The van der Waals surface area contributed by atoms with E-state index in [0.717, 1.165) is 34.7 Å². The number of carbonyl (C=O) groups excluding carboxylic acids is 2. The lowest BCUT2D eigenvalue weighted by atomic mass is 9.86. The Bertz CT molecular complexity index is 956. The minimum absolute atomic E-state index is 0.0646. The van der Waals surface area contributed by atoms with E-state index in [1.807, 2.05) is 42.5 Å². The monoisotopic (exact) mass is 406 g/mol. The second-order valence-corrected chi connectivity index (χ2v) is 8.91. The van der Waals surface area contributed by atoms with Crippen molar-refractivity contribution in [3.8, 4) is 0 Å². The third kappa shape index (κ3) is 3.97. The Hall–Kier alpha value is -2.53. The van der Waals surface area contributed by atoms with E-state index >= 15 is 0 Å². The quantitative estimate of drug-likeness (QED) is 0.702. The maximum absolute atomic E-state index is 13.2. The van der Waals surface area contributed by atoms with Gasteiger partial charge in [0.1, 0.15) is 0 Å². The van der Waals surface area contributed by atoms with Gasteiger partial charge in [-0.15, -0.1) is 6.58 Å². The molecule has 1 heterocycles. The first-order chi connectivity index (χ1) is 14.1. The van der Waals surface area contributed by atoms with Crippen LogP contribution in [0, 0.1) is 5.92 Å². The van der Waals surface area contributed by atoms with Crippen LogP contribution in [0.4, 0.5) is 5.69 Å². The number of amides is 2. The van der Waals surface area contributed by atoms with Crippen molar-refractivity contribution in [2.24, 2.45) is 5.92 Å². The van der Waals surface area contributed by atoms with Crippen LogP contribution < -0.4 is 10.2 Å². The van der Waals surface area contributed by atoms with E-state index in [2.05, 4.69) is 18.8 Å². The molecule has 0 spiro atoms. The lowest BCUT2D eigenvalue weighted by molar-refractivity contribution is 0.0908. The van der Waals surface area contributed by atoms with Gasteiger partial charge in [0.05, 0.1) is 11.3 Å². The van der Waals surface area contributed by atoms with Crippen molar-refractivity contribution in [2.45, 2.75) is 48.4 Å². The van der Waals surface area contributed by atoms with Gasteiger partial charge in [-0.1, -0.05) is 49.7 Å². The van der Waals surface area contributed by atoms with Gasteiger partial charge in [0.25, 0.3) is 11.8 Å². The molecule has 2 amide bonds. The van der Waals surface area contributed by atoms with Crippen LogP contribution in [0.1, 0.15) is 53.3 Å². The van der Waals surface area contributed by atoms with E-state index in [1.165, 1.54) is 6.42 Å². The molecular formula is C24H26N2O2S. The van der Waals surface area contributed by atoms with E-state index in [-0.39, 0.29) is 17.9 Å². The number of fused-ring (bicyclic) bond motifs is 2. The molecular weight excluding hydrogens is 380 g/mol. The first kappa shape index (κ1) is 19.8. The molecule has 4 nitrogen and oxygen atoms in total. The second kappa shape index (κ2) is 8.46. The number of rotatable bonds is 4. The summed E-state index contributed by atoms with van der Waals surface area (Å²) in [6, 6.07) is 13.5. The van der Waals surface area contributed by atoms with E-state index in [4.69, 9.17) is 0 Å². The summed E-state index contributed by atoms with van der Waals surface area (Å²) in [5.74, 6) is 0.368. The average molecular weight is 407 g/mol. The Morgan fingerprint density at radius 3 is 2.79 bits per heavy atom. The van der Waals surface area contributed by atoms with Crippen LogP contribution in [0.2, 0.25) is 0 Å². The third-order valence-electron chi connectivity index (χ3n) is 5.83. The molecule has 2 aromatic rings. The summed E-state index contributed by atoms with van der Waals surface area (Å²) in [7, 11) is 0. The number of nitrogens with one attached hydrogen (secondary N) is 1. The smallest absolute Gasteiger partial charge is 0.259 e. The Labute approximate surface area is 176 Å². The first-order valence-corrected chi connectivity index (χ1v) is 11.0. The van der Waals surface area contributed by atoms with E-state index in [1.54, 1.807) is 22.7 Å². The summed E-state index contributed by atoms with van der Waals surface area (Å²) in [4.78, 5) is 29.8. The van der Waals surface area contributed by atoms with E-state index < -0.39 is 0 Å². The van der Waals surface area contributed by atoms with Crippen LogP contribution in [-0.2, 0) is 0 Å². The maximum Gasteiger partial charge on any atom is 0.259 e. The predicted octanol–water partition coefficient (Wildman–Crippen LogP) is 5.29. The summed E-state index contributed by atoms with van der Waals surface area (Å²) in [6.45, 7) is 6.41. The first-order valence-electron chi connectivity index (χ1n) is 10.2. The molecule has 0 radical (unpaired) electrons. The van der Waals surface area contributed by atoms with E-state index in [9.17, 15) is 9.59 Å². The van der Waals surface area contributed by atoms with E-state index in [0.29, 0.717) is 23.6 Å². The SMILES string of the molecule is C=CCN1C(=O)c2ccccc2Sc2ccc(C(=O)N[C@@H]3CCCC[C@H]3C)cc21. The highest BCUT2D eigenvalue weighted by atomic mass is 32.2. The topological polar surface area (TPSA) is 49.4 Å². The fraction of sp³-hybridized carbons (Fsp3) is 0.333. The number of hydrogen-bond acceptors (Lipinski definition) is 3. The van der Waals surface area contributed by atoms with Gasteiger partial charge >= 0.3 is 0 Å². The molecule has 1 saturated carbocycles. The summed E-state index contributed by atoms with van der Waals surface area (Å²) >= 11 is 1.56. The van der Waals surface area contributed by atoms with Crippen molar-refractivity contribution in [1.82, 2.24) is 5.32 Å². The van der Waals surface area contributed by atoms with Crippen molar-refractivity contribution in [2.75, 3.05) is 11.4 Å². The molecule has 0 aromatic heterocycles. The molecule has 4 rings (SSSR count). The zero-order chi connectivity index (χ0) is 20.4. The highest BCUT2D eigenvalue weighted by molar-refractivity contribution is 7.99. The number of anilines is 1. The van der Waals surface area contributed by atoms with Crippen LogP contribution in [0.3, 0.4) is 0 Å².